The van der Waals surface area contributed by atoms with Crippen LogP contribution >= 0.6 is 0 Å². The number of pyridine rings is 1. The zero-order chi connectivity index (χ0) is 9.97. The molecule has 0 atom stereocenters. The third kappa shape index (κ3) is 1.47. The quantitative estimate of drug-likeness (QED) is 0.694. The van der Waals surface area contributed by atoms with Crippen molar-refractivity contribution < 1.29 is 0 Å². The van der Waals surface area contributed by atoms with Gasteiger partial charge in [-0.1, -0.05) is 6.07 Å². The first kappa shape index (κ1) is 8.43. The topological polar surface area (TPSA) is 73.8 Å². The summed E-state index contributed by atoms with van der Waals surface area (Å²) in [6.07, 6.45) is 4.53. The maximum atomic E-state index is 11.4. The summed E-state index contributed by atoms with van der Waals surface area (Å²) in [5, 5.41) is 0. The Morgan fingerprint density at radius 3 is 2.86 bits per heavy atom. The molecule has 14 heavy (non-hydrogen) atoms. The van der Waals surface area contributed by atoms with E-state index in [2.05, 4.69) is 9.97 Å². The Labute approximate surface area is 79.9 Å². The molecule has 2 N–H and O–H groups in total. The van der Waals surface area contributed by atoms with Gasteiger partial charge in [0.05, 0.1) is 12.4 Å². The number of hydrogen-bond donors (Lipinski definition) is 1. The molecule has 0 saturated heterocycles. The van der Waals surface area contributed by atoms with Crippen LogP contribution < -0.4 is 11.3 Å². The van der Waals surface area contributed by atoms with Crippen molar-refractivity contribution in [2.24, 2.45) is 0 Å². The first-order chi connectivity index (χ1) is 6.77. The molecule has 70 valence electrons. The second kappa shape index (κ2) is 3.29. The van der Waals surface area contributed by atoms with E-state index in [9.17, 15) is 4.79 Å². The van der Waals surface area contributed by atoms with Crippen LogP contribution in [-0.2, 0) is 0 Å². The molecule has 2 rings (SSSR count). The highest BCUT2D eigenvalue weighted by atomic mass is 16.1. The molecule has 0 fully saturated rings. The molecule has 0 saturated carbocycles. The van der Waals surface area contributed by atoms with Crippen LogP contribution in [0, 0.1) is 0 Å². The fourth-order valence-corrected chi connectivity index (χ4v) is 1.10. The molecule has 0 aromatic carbocycles. The van der Waals surface area contributed by atoms with E-state index in [1.807, 2.05) is 0 Å². The van der Waals surface area contributed by atoms with Gasteiger partial charge in [-0.05, 0) is 6.07 Å². The third-order valence-corrected chi connectivity index (χ3v) is 1.71. The van der Waals surface area contributed by atoms with Crippen molar-refractivity contribution >= 4 is 5.82 Å². The fraction of sp³-hybridized carbons (Fsp3) is 0. The van der Waals surface area contributed by atoms with Gasteiger partial charge in [-0.25, -0.2) is 4.98 Å². The van der Waals surface area contributed by atoms with Crippen molar-refractivity contribution in [2.75, 3.05) is 5.73 Å². The molecule has 0 aliphatic rings. The molecule has 2 aromatic heterocycles. The van der Waals surface area contributed by atoms with E-state index in [0.717, 1.165) is 0 Å². The van der Waals surface area contributed by atoms with Gasteiger partial charge < -0.3 is 5.73 Å². The predicted octanol–water partition coefficient (Wildman–Crippen LogP) is 0.210. The molecule has 0 bridgehead atoms. The van der Waals surface area contributed by atoms with Crippen LogP contribution in [0.3, 0.4) is 0 Å². The highest BCUT2D eigenvalue weighted by Crippen LogP contribution is 2.00. The highest BCUT2D eigenvalue weighted by Gasteiger charge is 1.99. The van der Waals surface area contributed by atoms with E-state index < -0.39 is 0 Å². The summed E-state index contributed by atoms with van der Waals surface area (Å²) < 4.78 is 1.38. The zero-order valence-corrected chi connectivity index (χ0v) is 7.29. The largest absolute Gasteiger partial charge is 0.382 e. The van der Waals surface area contributed by atoms with Crippen LogP contribution in [-0.4, -0.2) is 14.5 Å². The first-order valence-corrected chi connectivity index (χ1v) is 4.03. The molecular formula is C9H8N4O. The number of aromatic nitrogens is 3. The lowest BCUT2D eigenvalue weighted by atomic mass is 10.4. The Bertz CT molecular complexity index is 506. The number of hydrogen-bond acceptors (Lipinski definition) is 4. The molecule has 0 amide bonds. The Kier molecular flexibility index (Phi) is 1.98. The van der Waals surface area contributed by atoms with Gasteiger partial charge in [0, 0.05) is 12.3 Å². The molecular weight excluding hydrogens is 180 g/mol. The van der Waals surface area contributed by atoms with Crippen molar-refractivity contribution in [3.8, 4) is 5.82 Å². The molecule has 0 unspecified atom stereocenters. The highest BCUT2D eigenvalue weighted by molar-refractivity contribution is 5.30. The van der Waals surface area contributed by atoms with Gasteiger partial charge in [-0.2, -0.15) is 0 Å². The summed E-state index contributed by atoms with van der Waals surface area (Å²) in [6, 6.07) is 4.86. The van der Waals surface area contributed by atoms with E-state index in [0.29, 0.717) is 11.6 Å². The van der Waals surface area contributed by atoms with Crippen molar-refractivity contribution in [1.82, 2.24) is 14.5 Å². The number of anilines is 1. The lowest BCUT2D eigenvalue weighted by Gasteiger charge is -2.02. The van der Waals surface area contributed by atoms with Gasteiger partial charge in [0.1, 0.15) is 5.82 Å². The molecule has 2 heterocycles. The molecule has 0 spiro atoms. The fourth-order valence-electron chi connectivity index (χ4n) is 1.10. The van der Waals surface area contributed by atoms with Crippen molar-refractivity contribution in [3.05, 3.63) is 47.1 Å². The normalized spacial score (nSPS) is 10.0. The number of nitrogen functional groups attached to an aromatic ring is 1. The summed E-state index contributed by atoms with van der Waals surface area (Å²) >= 11 is 0. The summed E-state index contributed by atoms with van der Waals surface area (Å²) in [4.78, 5) is 19.2. The van der Waals surface area contributed by atoms with E-state index in [1.54, 1.807) is 18.3 Å². The van der Waals surface area contributed by atoms with Crippen LogP contribution in [0.5, 0.6) is 0 Å². The zero-order valence-electron chi connectivity index (χ0n) is 7.29. The van der Waals surface area contributed by atoms with Gasteiger partial charge in [-0.15, -0.1) is 0 Å². The number of nitrogens with zero attached hydrogens (tertiary/aromatic N) is 3. The maximum absolute atomic E-state index is 11.4. The first-order valence-electron chi connectivity index (χ1n) is 4.03. The summed E-state index contributed by atoms with van der Waals surface area (Å²) in [7, 11) is 0. The summed E-state index contributed by atoms with van der Waals surface area (Å²) in [5.41, 5.74) is 5.30. The van der Waals surface area contributed by atoms with Crippen LogP contribution in [0.15, 0.2) is 41.6 Å². The average molecular weight is 188 g/mol. The van der Waals surface area contributed by atoms with E-state index in [1.165, 1.54) is 23.0 Å². The molecule has 0 aliphatic carbocycles. The molecule has 0 aliphatic heterocycles. The minimum atomic E-state index is -0.160. The standard InChI is InChI=1S/C9H8N4O/c10-7-5-11-6-8(12-7)13-4-2-1-3-9(13)14/h1-6H,(H2,10,12). The molecule has 0 radical (unpaired) electrons. The molecule has 5 heteroatoms. The van der Waals surface area contributed by atoms with E-state index in [-0.39, 0.29) is 5.56 Å². The monoisotopic (exact) mass is 188 g/mol. The van der Waals surface area contributed by atoms with Crippen LogP contribution in [0.1, 0.15) is 0 Å². The Morgan fingerprint density at radius 2 is 2.14 bits per heavy atom. The lowest BCUT2D eigenvalue weighted by Crippen LogP contribution is -2.17. The Morgan fingerprint density at radius 1 is 1.29 bits per heavy atom. The van der Waals surface area contributed by atoms with Gasteiger partial charge in [-0.3, -0.25) is 14.3 Å². The van der Waals surface area contributed by atoms with Crippen LogP contribution in [0.4, 0.5) is 5.82 Å². The van der Waals surface area contributed by atoms with E-state index >= 15 is 0 Å². The smallest absolute Gasteiger partial charge is 0.256 e. The van der Waals surface area contributed by atoms with Crippen molar-refractivity contribution in [1.29, 1.82) is 0 Å². The van der Waals surface area contributed by atoms with Crippen LogP contribution in [0.25, 0.3) is 5.82 Å². The minimum absolute atomic E-state index is 0.160. The van der Waals surface area contributed by atoms with Gasteiger partial charge in [0.25, 0.3) is 5.56 Å². The van der Waals surface area contributed by atoms with Crippen molar-refractivity contribution in [3.63, 3.8) is 0 Å². The number of rotatable bonds is 1. The maximum Gasteiger partial charge on any atom is 0.256 e. The average Bonchev–Trinajstić information content (AvgIpc) is 2.18. The second-order valence-corrected chi connectivity index (χ2v) is 2.71. The molecule has 2 aromatic rings. The lowest BCUT2D eigenvalue weighted by molar-refractivity contribution is 0.929. The predicted molar refractivity (Wildman–Crippen MR) is 52.0 cm³/mol. The Hall–Kier alpha value is -2.17. The van der Waals surface area contributed by atoms with Crippen LogP contribution in [0.2, 0.25) is 0 Å². The summed E-state index contributed by atoms with van der Waals surface area (Å²) in [6.45, 7) is 0. The number of nitrogens with two attached hydrogens (primary N) is 1. The van der Waals surface area contributed by atoms with Gasteiger partial charge >= 0.3 is 0 Å². The summed E-state index contributed by atoms with van der Waals surface area (Å²) in [5.74, 6) is 0.717. The third-order valence-electron chi connectivity index (χ3n) is 1.71. The van der Waals surface area contributed by atoms with Gasteiger partial charge in [0.15, 0.2) is 5.82 Å². The van der Waals surface area contributed by atoms with E-state index in [4.69, 9.17) is 5.73 Å². The van der Waals surface area contributed by atoms with Gasteiger partial charge in [0.2, 0.25) is 0 Å². The SMILES string of the molecule is Nc1cncc(-n2ccccc2=O)n1. The second-order valence-electron chi connectivity index (χ2n) is 2.71. The Balaban J connectivity index is 2.61. The molecule has 5 nitrogen and oxygen atoms in total. The minimum Gasteiger partial charge on any atom is -0.382 e. The van der Waals surface area contributed by atoms with Crippen molar-refractivity contribution in [2.45, 2.75) is 0 Å².